The Labute approximate surface area is 187 Å². The van der Waals surface area contributed by atoms with Crippen molar-refractivity contribution in [1.82, 2.24) is 0 Å². The molecule has 8 heteroatoms. The van der Waals surface area contributed by atoms with Gasteiger partial charge in [0.2, 0.25) is 15.9 Å². The first-order chi connectivity index (χ1) is 15.3. The number of benzene rings is 3. The molecule has 0 spiro atoms. The monoisotopic (exact) mass is 456 g/mol. The van der Waals surface area contributed by atoms with Crippen molar-refractivity contribution in [2.24, 2.45) is 0 Å². The van der Waals surface area contributed by atoms with Crippen molar-refractivity contribution < 1.29 is 22.3 Å². The molecule has 3 aromatic rings. The van der Waals surface area contributed by atoms with Gasteiger partial charge in [0.1, 0.15) is 18.2 Å². The number of rotatable bonds is 10. The van der Waals surface area contributed by atoms with Gasteiger partial charge < -0.3 is 10.1 Å². The van der Waals surface area contributed by atoms with Gasteiger partial charge in [0.05, 0.1) is 11.9 Å². The Kier molecular flexibility index (Phi) is 7.83. The second-order valence-electron chi connectivity index (χ2n) is 7.24. The summed E-state index contributed by atoms with van der Waals surface area (Å²) in [4.78, 5) is 12.3. The Balaban J connectivity index is 1.49. The summed E-state index contributed by atoms with van der Waals surface area (Å²) in [5, 5.41) is 2.77. The highest BCUT2D eigenvalue weighted by Gasteiger charge is 2.20. The highest BCUT2D eigenvalue weighted by Crippen LogP contribution is 2.22. The van der Waals surface area contributed by atoms with E-state index < -0.39 is 15.8 Å². The molecular formula is C24H25FN2O4S. The average Bonchev–Trinajstić information content (AvgIpc) is 2.77. The molecule has 3 aromatic carbocycles. The van der Waals surface area contributed by atoms with Crippen LogP contribution in [0.25, 0.3) is 0 Å². The van der Waals surface area contributed by atoms with Crippen LogP contribution in [0.15, 0.2) is 78.9 Å². The molecule has 0 saturated heterocycles. The zero-order chi connectivity index (χ0) is 23.0. The zero-order valence-corrected chi connectivity index (χ0v) is 18.5. The van der Waals surface area contributed by atoms with Crippen molar-refractivity contribution >= 4 is 27.3 Å². The van der Waals surface area contributed by atoms with Crippen LogP contribution in [-0.2, 0) is 21.4 Å². The normalized spacial score (nSPS) is 11.1. The van der Waals surface area contributed by atoms with Gasteiger partial charge in [-0.05, 0) is 48.4 Å². The highest BCUT2D eigenvalue weighted by atomic mass is 32.2. The zero-order valence-electron chi connectivity index (χ0n) is 17.7. The maximum atomic E-state index is 14.0. The van der Waals surface area contributed by atoms with Gasteiger partial charge in [-0.25, -0.2) is 12.8 Å². The minimum Gasteiger partial charge on any atom is -0.489 e. The topological polar surface area (TPSA) is 75.7 Å². The lowest BCUT2D eigenvalue weighted by Gasteiger charge is -2.22. The van der Waals surface area contributed by atoms with Crippen molar-refractivity contribution in [1.29, 1.82) is 0 Å². The Morgan fingerprint density at radius 3 is 2.28 bits per heavy atom. The minimum absolute atomic E-state index is 0.000545. The number of hydrogen-bond acceptors (Lipinski definition) is 4. The fourth-order valence-corrected chi connectivity index (χ4v) is 4.07. The maximum Gasteiger partial charge on any atom is 0.232 e. The molecule has 0 atom stereocenters. The van der Waals surface area contributed by atoms with Gasteiger partial charge in [0.25, 0.3) is 0 Å². The third-order valence-corrected chi connectivity index (χ3v) is 5.85. The summed E-state index contributed by atoms with van der Waals surface area (Å²) in [5.74, 6) is -0.206. The molecular weight excluding hydrogens is 431 g/mol. The molecule has 0 aliphatic heterocycles. The standard InChI is InChI=1S/C24H25FN2O4S/c1-32(29,30)27(23-11-6-5-10-22(23)25)17-7-12-24(28)26-20-13-15-21(16-14-20)31-18-19-8-3-2-4-9-19/h2-6,8-11,13-16H,7,12,17-18H2,1H3,(H,26,28). The van der Waals surface area contributed by atoms with E-state index in [-0.39, 0.29) is 31.0 Å². The number of carbonyl (C=O) groups excluding carboxylic acids is 1. The van der Waals surface area contributed by atoms with Gasteiger partial charge in [0, 0.05) is 18.7 Å². The SMILES string of the molecule is CS(=O)(=O)N(CCCC(=O)Nc1ccc(OCc2ccccc2)cc1)c1ccccc1F. The van der Waals surface area contributed by atoms with Crippen molar-refractivity contribution in [3.8, 4) is 5.75 Å². The molecule has 32 heavy (non-hydrogen) atoms. The van der Waals surface area contributed by atoms with Crippen LogP contribution in [0, 0.1) is 5.82 Å². The Hall–Kier alpha value is -3.39. The highest BCUT2D eigenvalue weighted by molar-refractivity contribution is 7.92. The lowest BCUT2D eigenvalue weighted by Crippen LogP contribution is -2.32. The van der Waals surface area contributed by atoms with Gasteiger partial charge in [-0.1, -0.05) is 42.5 Å². The molecule has 0 radical (unpaired) electrons. The fraction of sp³-hybridized carbons (Fsp3) is 0.208. The van der Waals surface area contributed by atoms with Gasteiger partial charge >= 0.3 is 0 Å². The Morgan fingerprint density at radius 2 is 1.62 bits per heavy atom. The first kappa shape index (κ1) is 23.3. The number of nitrogens with zero attached hydrogens (tertiary/aromatic N) is 1. The van der Waals surface area contributed by atoms with E-state index in [0.717, 1.165) is 16.1 Å². The van der Waals surface area contributed by atoms with Gasteiger partial charge in [-0.2, -0.15) is 0 Å². The molecule has 0 aliphatic carbocycles. The number of para-hydroxylation sites is 1. The van der Waals surface area contributed by atoms with E-state index in [2.05, 4.69) is 5.32 Å². The molecule has 1 amide bonds. The molecule has 1 N–H and O–H groups in total. The quantitative estimate of drug-likeness (QED) is 0.484. The van der Waals surface area contributed by atoms with Gasteiger partial charge in [-0.3, -0.25) is 9.10 Å². The van der Waals surface area contributed by atoms with Crippen LogP contribution < -0.4 is 14.4 Å². The molecule has 0 bridgehead atoms. The summed E-state index contributed by atoms with van der Waals surface area (Å²) in [7, 11) is -3.68. The molecule has 0 heterocycles. The largest absolute Gasteiger partial charge is 0.489 e. The molecule has 0 aliphatic rings. The smallest absolute Gasteiger partial charge is 0.232 e. The van der Waals surface area contributed by atoms with Crippen LogP contribution >= 0.6 is 0 Å². The summed E-state index contributed by atoms with van der Waals surface area (Å²) in [6.45, 7) is 0.449. The lowest BCUT2D eigenvalue weighted by atomic mass is 10.2. The van der Waals surface area contributed by atoms with Crippen molar-refractivity contribution in [2.75, 3.05) is 22.4 Å². The molecule has 6 nitrogen and oxygen atoms in total. The van der Waals surface area contributed by atoms with Crippen LogP contribution in [0.3, 0.4) is 0 Å². The number of amides is 1. The van der Waals surface area contributed by atoms with E-state index in [0.29, 0.717) is 18.0 Å². The average molecular weight is 457 g/mol. The van der Waals surface area contributed by atoms with Crippen LogP contribution in [0.2, 0.25) is 0 Å². The van der Waals surface area contributed by atoms with Crippen LogP contribution in [0.1, 0.15) is 18.4 Å². The minimum atomic E-state index is -3.68. The molecule has 0 aromatic heterocycles. The first-order valence-electron chi connectivity index (χ1n) is 10.1. The summed E-state index contributed by atoms with van der Waals surface area (Å²) < 4.78 is 44.9. The molecule has 0 fully saturated rings. The third kappa shape index (κ3) is 6.81. The van der Waals surface area contributed by atoms with Crippen molar-refractivity contribution in [3.63, 3.8) is 0 Å². The fourth-order valence-electron chi connectivity index (χ4n) is 3.10. The third-order valence-electron chi connectivity index (χ3n) is 4.67. The summed E-state index contributed by atoms with van der Waals surface area (Å²) >= 11 is 0. The number of sulfonamides is 1. The number of carbonyl (C=O) groups is 1. The van der Waals surface area contributed by atoms with Crippen molar-refractivity contribution in [3.05, 3.63) is 90.2 Å². The first-order valence-corrected chi connectivity index (χ1v) is 12.0. The predicted octanol–water partition coefficient (Wildman–Crippen LogP) is 4.59. The van der Waals surface area contributed by atoms with Crippen LogP contribution in [0.4, 0.5) is 15.8 Å². The maximum absolute atomic E-state index is 14.0. The van der Waals surface area contributed by atoms with Crippen LogP contribution in [-0.4, -0.2) is 27.1 Å². The van der Waals surface area contributed by atoms with Crippen LogP contribution in [0.5, 0.6) is 5.75 Å². The summed E-state index contributed by atoms with van der Waals surface area (Å²) in [5.41, 5.74) is 1.64. The number of nitrogens with one attached hydrogen (secondary N) is 1. The molecule has 168 valence electrons. The van der Waals surface area contributed by atoms with Crippen molar-refractivity contribution in [2.45, 2.75) is 19.4 Å². The van der Waals surface area contributed by atoms with Gasteiger partial charge in [-0.15, -0.1) is 0 Å². The summed E-state index contributed by atoms with van der Waals surface area (Å²) in [6.07, 6.45) is 1.35. The second kappa shape index (κ2) is 10.8. The van der Waals surface area contributed by atoms with E-state index >= 15 is 0 Å². The molecule has 0 unspecified atom stereocenters. The Bertz CT molecular complexity index is 1140. The van der Waals surface area contributed by atoms with E-state index in [4.69, 9.17) is 4.74 Å². The molecule has 3 rings (SSSR count). The number of halogens is 1. The predicted molar refractivity (Wildman–Crippen MR) is 124 cm³/mol. The van der Waals surface area contributed by atoms with E-state index in [1.165, 1.54) is 18.2 Å². The number of anilines is 2. The second-order valence-corrected chi connectivity index (χ2v) is 9.14. The Morgan fingerprint density at radius 1 is 0.969 bits per heavy atom. The van der Waals surface area contributed by atoms with E-state index in [9.17, 15) is 17.6 Å². The number of ether oxygens (including phenoxy) is 1. The van der Waals surface area contributed by atoms with E-state index in [1.807, 2.05) is 30.3 Å². The summed E-state index contributed by atoms with van der Waals surface area (Å²) in [6, 6.07) is 22.5. The van der Waals surface area contributed by atoms with E-state index in [1.54, 1.807) is 30.3 Å². The lowest BCUT2D eigenvalue weighted by molar-refractivity contribution is -0.116. The number of hydrogen-bond donors (Lipinski definition) is 1. The van der Waals surface area contributed by atoms with Gasteiger partial charge in [0.15, 0.2) is 0 Å². The molecule has 0 saturated carbocycles.